The fourth-order valence-corrected chi connectivity index (χ4v) is 3.57. The lowest BCUT2D eigenvalue weighted by Gasteiger charge is -2.11. The standard InChI is InChI=1S/C23H28N2O4/c1-5-25-21-12-18(28-4)10-11-19(21)20(22(25)23(26)27)14-24-13-16-6-8-17(9-7-16)29-15(2)3/h6-12,15,24H,5,13-14H2,1-4H3,(H,26,27). The molecule has 0 amide bonds. The highest BCUT2D eigenvalue weighted by Gasteiger charge is 2.21. The molecule has 154 valence electrons. The summed E-state index contributed by atoms with van der Waals surface area (Å²) in [5.41, 5.74) is 3.09. The number of carboxylic acids is 1. The zero-order chi connectivity index (χ0) is 21.0. The van der Waals surface area contributed by atoms with E-state index in [-0.39, 0.29) is 6.10 Å². The Balaban J connectivity index is 1.82. The highest BCUT2D eigenvalue weighted by molar-refractivity contribution is 5.98. The average molecular weight is 396 g/mol. The average Bonchev–Trinajstić information content (AvgIpc) is 3.01. The molecule has 29 heavy (non-hydrogen) atoms. The van der Waals surface area contributed by atoms with Crippen molar-refractivity contribution in [3.63, 3.8) is 0 Å². The predicted octanol–water partition coefficient (Wildman–Crippen LogP) is 4.45. The van der Waals surface area contributed by atoms with Crippen molar-refractivity contribution in [2.45, 2.75) is 46.5 Å². The van der Waals surface area contributed by atoms with Crippen LogP contribution >= 0.6 is 0 Å². The van der Waals surface area contributed by atoms with Crippen molar-refractivity contribution in [3.05, 3.63) is 59.3 Å². The molecule has 6 heteroatoms. The molecule has 3 aromatic rings. The summed E-state index contributed by atoms with van der Waals surface area (Å²) in [6, 6.07) is 13.6. The first-order valence-corrected chi connectivity index (χ1v) is 9.83. The van der Waals surface area contributed by atoms with Gasteiger partial charge in [0.15, 0.2) is 0 Å². The van der Waals surface area contributed by atoms with Gasteiger partial charge < -0.3 is 24.5 Å². The molecule has 0 radical (unpaired) electrons. The van der Waals surface area contributed by atoms with Gasteiger partial charge in [0.25, 0.3) is 0 Å². The van der Waals surface area contributed by atoms with Gasteiger partial charge in [-0.05, 0) is 50.6 Å². The summed E-state index contributed by atoms with van der Waals surface area (Å²) in [4.78, 5) is 12.0. The lowest BCUT2D eigenvalue weighted by Crippen LogP contribution is -2.16. The molecule has 0 saturated carbocycles. The van der Waals surface area contributed by atoms with Crippen molar-refractivity contribution in [2.24, 2.45) is 0 Å². The third-order valence-corrected chi connectivity index (χ3v) is 4.82. The van der Waals surface area contributed by atoms with Gasteiger partial charge in [0.1, 0.15) is 17.2 Å². The van der Waals surface area contributed by atoms with Gasteiger partial charge in [-0.1, -0.05) is 12.1 Å². The predicted molar refractivity (Wildman–Crippen MR) is 114 cm³/mol. The Morgan fingerprint density at radius 2 is 1.79 bits per heavy atom. The summed E-state index contributed by atoms with van der Waals surface area (Å²) < 4.78 is 12.8. The summed E-state index contributed by atoms with van der Waals surface area (Å²) in [6.45, 7) is 7.61. The number of methoxy groups -OCH3 is 1. The van der Waals surface area contributed by atoms with E-state index in [1.165, 1.54) is 0 Å². The van der Waals surface area contributed by atoms with Crippen LogP contribution < -0.4 is 14.8 Å². The Labute approximate surface area is 171 Å². The fourth-order valence-electron chi connectivity index (χ4n) is 3.57. The molecule has 0 fully saturated rings. The van der Waals surface area contributed by atoms with Gasteiger partial charge in [-0.2, -0.15) is 0 Å². The first-order chi connectivity index (χ1) is 13.9. The van der Waals surface area contributed by atoms with Crippen molar-refractivity contribution >= 4 is 16.9 Å². The second-order valence-electron chi connectivity index (χ2n) is 7.17. The molecule has 3 rings (SSSR count). The molecule has 0 aliphatic rings. The second-order valence-corrected chi connectivity index (χ2v) is 7.17. The number of hydrogen-bond donors (Lipinski definition) is 2. The van der Waals surface area contributed by atoms with E-state index < -0.39 is 5.97 Å². The maximum Gasteiger partial charge on any atom is 0.352 e. The third-order valence-electron chi connectivity index (χ3n) is 4.82. The van der Waals surface area contributed by atoms with Crippen LogP contribution in [-0.4, -0.2) is 28.9 Å². The molecule has 0 saturated heterocycles. The number of carbonyl (C=O) groups is 1. The molecule has 1 heterocycles. The summed E-state index contributed by atoms with van der Waals surface area (Å²) in [6.07, 6.45) is 0.142. The normalized spacial score (nSPS) is 11.2. The first kappa shape index (κ1) is 20.7. The van der Waals surface area contributed by atoms with E-state index in [0.29, 0.717) is 31.1 Å². The van der Waals surface area contributed by atoms with E-state index in [2.05, 4.69) is 5.32 Å². The van der Waals surface area contributed by atoms with Crippen molar-refractivity contribution in [1.29, 1.82) is 0 Å². The summed E-state index contributed by atoms with van der Waals surface area (Å²) in [7, 11) is 1.61. The molecule has 2 aromatic carbocycles. The van der Waals surface area contributed by atoms with Gasteiger partial charge in [-0.3, -0.25) is 0 Å². The molecule has 0 bridgehead atoms. The largest absolute Gasteiger partial charge is 0.497 e. The molecule has 1 aromatic heterocycles. The van der Waals surface area contributed by atoms with E-state index in [1.807, 2.05) is 67.8 Å². The minimum atomic E-state index is -0.922. The fraction of sp³-hybridized carbons (Fsp3) is 0.348. The number of aryl methyl sites for hydroxylation is 1. The lowest BCUT2D eigenvalue weighted by atomic mass is 10.1. The van der Waals surface area contributed by atoms with Gasteiger partial charge in [-0.25, -0.2) is 4.79 Å². The Morgan fingerprint density at radius 3 is 2.38 bits per heavy atom. The topological polar surface area (TPSA) is 72.7 Å². The van der Waals surface area contributed by atoms with Crippen LogP contribution in [0.15, 0.2) is 42.5 Å². The minimum absolute atomic E-state index is 0.142. The molecule has 0 unspecified atom stereocenters. The first-order valence-electron chi connectivity index (χ1n) is 9.83. The van der Waals surface area contributed by atoms with E-state index in [1.54, 1.807) is 7.11 Å². The number of rotatable bonds is 9. The van der Waals surface area contributed by atoms with Crippen LogP contribution in [0.4, 0.5) is 0 Å². The molecule has 0 aliphatic carbocycles. The van der Waals surface area contributed by atoms with E-state index in [9.17, 15) is 9.90 Å². The van der Waals surface area contributed by atoms with Crippen LogP contribution in [0.3, 0.4) is 0 Å². The quantitative estimate of drug-likeness (QED) is 0.559. The molecule has 0 atom stereocenters. The van der Waals surface area contributed by atoms with Crippen LogP contribution in [0.1, 0.15) is 42.4 Å². The SMILES string of the molecule is CCn1c(C(=O)O)c(CNCc2ccc(OC(C)C)cc2)c2ccc(OC)cc21. The van der Waals surface area contributed by atoms with E-state index >= 15 is 0 Å². The number of hydrogen-bond acceptors (Lipinski definition) is 4. The van der Waals surface area contributed by atoms with Crippen LogP contribution in [0.2, 0.25) is 0 Å². The maximum absolute atomic E-state index is 12.0. The number of ether oxygens (including phenoxy) is 2. The Bertz CT molecular complexity index is 990. The summed E-state index contributed by atoms with van der Waals surface area (Å²) >= 11 is 0. The molecule has 0 spiro atoms. The van der Waals surface area contributed by atoms with Gasteiger partial charge in [-0.15, -0.1) is 0 Å². The van der Waals surface area contributed by atoms with Crippen molar-refractivity contribution in [3.8, 4) is 11.5 Å². The van der Waals surface area contributed by atoms with Crippen LogP contribution in [0.5, 0.6) is 11.5 Å². The summed E-state index contributed by atoms with van der Waals surface area (Å²) in [5, 5.41) is 14.1. The van der Waals surface area contributed by atoms with Crippen molar-refractivity contribution in [1.82, 2.24) is 9.88 Å². The minimum Gasteiger partial charge on any atom is -0.497 e. The number of aromatic nitrogens is 1. The van der Waals surface area contributed by atoms with Crippen molar-refractivity contribution in [2.75, 3.05) is 7.11 Å². The van der Waals surface area contributed by atoms with Gasteiger partial charge in [0, 0.05) is 36.7 Å². The van der Waals surface area contributed by atoms with Gasteiger partial charge >= 0.3 is 5.97 Å². The zero-order valence-corrected chi connectivity index (χ0v) is 17.4. The van der Waals surface area contributed by atoms with E-state index in [4.69, 9.17) is 9.47 Å². The number of nitrogens with zero attached hydrogens (tertiary/aromatic N) is 1. The van der Waals surface area contributed by atoms with Gasteiger partial charge in [0.2, 0.25) is 0 Å². The van der Waals surface area contributed by atoms with E-state index in [0.717, 1.165) is 27.8 Å². The monoisotopic (exact) mass is 396 g/mol. The Kier molecular flexibility index (Phi) is 6.44. The third kappa shape index (κ3) is 4.54. The Morgan fingerprint density at radius 1 is 1.10 bits per heavy atom. The molecular formula is C23H28N2O4. The van der Waals surface area contributed by atoms with Crippen LogP contribution in [-0.2, 0) is 19.6 Å². The molecule has 0 aliphatic heterocycles. The number of fused-ring (bicyclic) bond motifs is 1. The number of aromatic carboxylic acids is 1. The van der Waals surface area contributed by atoms with Crippen LogP contribution in [0, 0.1) is 0 Å². The summed E-state index contributed by atoms with van der Waals surface area (Å²) in [5.74, 6) is 0.635. The van der Waals surface area contributed by atoms with Crippen molar-refractivity contribution < 1.29 is 19.4 Å². The molecule has 2 N–H and O–H groups in total. The maximum atomic E-state index is 12.0. The number of benzene rings is 2. The molecular weight excluding hydrogens is 368 g/mol. The zero-order valence-electron chi connectivity index (χ0n) is 17.4. The number of nitrogens with one attached hydrogen (secondary N) is 1. The lowest BCUT2D eigenvalue weighted by molar-refractivity contribution is 0.0684. The number of carboxylic acid groups (broad SMARTS) is 1. The highest BCUT2D eigenvalue weighted by Crippen LogP contribution is 2.30. The molecule has 6 nitrogen and oxygen atoms in total. The van der Waals surface area contributed by atoms with Crippen LogP contribution in [0.25, 0.3) is 10.9 Å². The van der Waals surface area contributed by atoms with Gasteiger partial charge in [0.05, 0.1) is 18.7 Å². The second kappa shape index (κ2) is 9.01. The highest BCUT2D eigenvalue weighted by atomic mass is 16.5. The smallest absolute Gasteiger partial charge is 0.352 e. The Hall–Kier alpha value is -2.99.